The van der Waals surface area contributed by atoms with Gasteiger partial charge in [0.1, 0.15) is 5.75 Å². The summed E-state index contributed by atoms with van der Waals surface area (Å²) < 4.78 is 18.2. The quantitative estimate of drug-likeness (QED) is 0.705. The van der Waals surface area contributed by atoms with Crippen molar-refractivity contribution in [1.29, 1.82) is 0 Å². The highest BCUT2D eigenvalue weighted by molar-refractivity contribution is 5.33. The Morgan fingerprint density at radius 1 is 1.07 bits per heavy atom. The van der Waals surface area contributed by atoms with Gasteiger partial charge in [0.05, 0.1) is 0 Å². The molecule has 1 rings (SSSR count). The molecule has 15 heavy (non-hydrogen) atoms. The number of hydrogen-bond donors (Lipinski definition) is 0. The molecule has 1 nitrogen and oxygen atoms in total. The van der Waals surface area contributed by atoms with Crippen molar-refractivity contribution in [3.05, 3.63) is 29.3 Å². The second kappa shape index (κ2) is 5.74. The first-order valence-electron chi connectivity index (χ1n) is 5.34. The van der Waals surface area contributed by atoms with E-state index in [0.717, 1.165) is 5.56 Å². The Hall–Kier alpha value is -1.05. The molecule has 0 saturated carbocycles. The van der Waals surface area contributed by atoms with Gasteiger partial charge in [0.2, 0.25) is 5.85 Å². The monoisotopic (exact) mass is 212 g/mol. The van der Waals surface area contributed by atoms with Crippen LogP contribution >= 0.6 is 0 Å². The van der Waals surface area contributed by atoms with Crippen molar-refractivity contribution in [2.24, 2.45) is 0 Å². The number of ether oxygens (including phenoxy) is 1. The lowest BCUT2D eigenvalue weighted by molar-refractivity contribution is -0.0257. The van der Waals surface area contributed by atoms with Gasteiger partial charge in [-0.2, -0.15) is 4.39 Å². The average Bonchev–Trinajstić information content (AvgIpc) is 2.12. The summed E-state index contributed by atoms with van der Waals surface area (Å²) in [4.78, 5) is 0. The summed E-state index contributed by atoms with van der Waals surface area (Å²) in [5.41, 5.74) is 2.30. The second-order valence-electron chi connectivity index (χ2n) is 3.71. The van der Waals surface area contributed by atoms with Crippen LogP contribution in [0.2, 0.25) is 0 Å². The maximum atomic E-state index is 13.1. The third-order valence-electron chi connectivity index (χ3n) is 1.84. The van der Waals surface area contributed by atoms with E-state index in [-0.39, 0.29) is 0 Å². The molecule has 0 radical (unpaired) electrons. The van der Waals surface area contributed by atoms with Crippen molar-refractivity contribution < 1.29 is 9.13 Å². The minimum atomic E-state index is -1.61. The molecule has 86 valence electrons. The highest BCUT2D eigenvalue weighted by Gasteiger charge is 2.16. The van der Waals surface area contributed by atoms with Gasteiger partial charge in [0.25, 0.3) is 0 Å². The number of benzene rings is 1. The van der Waals surface area contributed by atoms with Crippen LogP contribution in [-0.4, -0.2) is 5.85 Å². The number of halogens is 1. The molecule has 0 aliphatic heterocycles. The summed E-state index contributed by atoms with van der Waals surface area (Å²) >= 11 is 0. The second-order valence-corrected chi connectivity index (χ2v) is 3.71. The lowest BCUT2D eigenvalue weighted by atomic mass is 10.1. The predicted octanol–water partition coefficient (Wildman–Crippen LogP) is 4.41. The van der Waals surface area contributed by atoms with Crippen LogP contribution in [0.15, 0.2) is 18.2 Å². The van der Waals surface area contributed by atoms with Crippen molar-refractivity contribution in [3.8, 4) is 5.75 Å². The fraction of sp³-hybridized carbons (Fsp3) is 0.538. The van der Waals surface area contributed by atoms with Crippen LogP contribution in [-0.2, 0) is 0 Å². The Bertz CT molecular complexity index is 300. The minimum Gasteiger partial charge on any atom is -0.459 e. The number of rotatable bonds is 2. The molecule has 0 aromatic heterocycles. The van der Waals surface area contributed by atoms with E-state index in [9.17, 15) is 4.39 Å². The SMILES string of the molecule is CC.Cc1ccc(OC(C)(C)F)cc1C. The standard InChI is InChI=1S/C11H15FO.C2H6/c1-8-5-6-10(7-9(8)2)13-11(3,4)12;1-2/h5-7H,1-4H3;1-2H3. The van der Waals surface area contributed by atoms with E-state index in [1.807, 2.05) is 39.8 Å². The first-order chi connectivity index (χ1) is 6.88. The zero-order chi connectivity index (χ0) is 12.1. The normalized spacial score (nSPS) is 10.3. The van der Waals surface area contributed by atoms with Gasteiger partial charge < -0.3 is 4.74 Å². The molecule has 0 bridgehead atoms. The molecule has 0 atom stereocenters. The lowest BCUT2D eigenvalue weighted by Crippen LogP contribution is -2.21. The van der Waals surface area contributed by atoms with E-state index in [0.29, 0.717) is 5.75 Å². The Labute approximate surface area is 92.3 Å². The lowest BCUT2D eigenvalue weighted by Gasteiger charge is -2.17. The molecule has 1 aromatic rings. The smallest absolute Gasteiger partial charge is 0.242 e. The fourth-order valence-corrected chi connectivity index (χ4v) is 1.06. The molecule has 0 N–H and O–H groups in total. The third-order valence-corrected chi connectivity index (χ3v) is 1.84. The Morgan fingerprint density at radius 3 is 2.00 bits per heavy atom. The first kappa shape index (κ1) is 13.9. The number of alkyl halides is 1. The molecule has 0 aliphatic carbocycles. The number of aryl methyl sites for hydroxylation is 2. The van der Waals surface area contributed by atoms with Crippen molar-refractivity contribution in [2.45, 2.75) is 47.4 Å². The van der Waals surface area contributed by atoms with E-state index in [2.05, 4.69) is 0 Å². The van der Waals surface area contributed by atoms with Crippen molar-refractivity contribution in [1.82, 2.24) is 0 Å². The van der Waals surface area contributed by atoms with E-state index in [1.54, 1.807) is 6.07 Å². The molecule has 0 unspecified atom stereocenters. The molecule has 1 aromatic carbocycles. The fourth-order valence-electron chi connectivity index (χ4n) is 1.06. The maximum Gasteiger partial charge on any atom is 0.242 e. The molecule has 0 aliphatic rings. The van der Waals surface area contributed by atoms with Crippen LogP contribution in [0.4, 0.5) is 4.39 Å². The summed E-state index contributed by atoms with van der Waals surface area (Å²) in [5.74, 6) is -1.03. The summed E-state index contributed by atoms with van der Waals surface area (Å²) in [5, 5.41) is 0. The van der Waals surface area contributed by atoms with Gasteiger partial charge in [-0.15, -0.1) is 0 Å². The van der Waals surface area contributed by atoms with Gasteiger partial charge in [-0.3, -0.25) is 0 Å². The molecule has 0 saturated heterocycles. The Kier molecular flexibility index (Phi) is 5.34. The molecular weight excluding hydrogens is 191 g/mol. The molecule has 0 amide bonds. The van der Waals surface area contributed by atoms with Crippen LogP contribution in [0.25, 0.3) is 0 Å². The van der Waals surface area contributed by atoms with Gasteiger partial charge in [-0.05, 0) is 37.1 Å². The summed E-state index contributed by atoms with van der Waals surface area (Å²) in [6, 6.07) is 5.55. The molecule has 0 heterocycles. The topological polar surface area (TPSA) is 9.23 Å². The Balaban J connectivity index is 0.000000921. The van der Waals surface area contributed by atoms with E-state index in [4.69, 9.17) is 4.74 Å². The molecule has 0 fully saturated rings. The third kappa shape index (κ3) is 5.40. The Morgan fingerprint density at radius 2 is 1.60 bits per heavy atom. The van der Waals surface area contributed by atoms with Crippen LogP contribution in [0.1, 0.15) is 38.8 Å². The highest BCUT2D eigenvalue weighted by Crippen LogP contribution is 2.21. The van der Waals surface area contributed by atoms with E-state index >= 15 is 0 Å². The zero-order valence-corrected chi connectivity index (χ0v) is 10.5. The van der Waals surface area contributed by atoms with E-state index in [1.165, 1.54) is 19.4 Å². The van der Waals surface area contributed by atoms with Crippen LogP contribution in [0.3, 0.4) is 0 Å². The molecule has 0 spiro atoms. The van der Waals surface area contributed by atoms with Gasteiger partial charge in [0.15, 0.2) is 0 Å². The van der Waals surface area contributed by atoms with Crippen molar-refractivity contribution >= 4 is 0 Å². The van der Waals surface area contributed by atoms with Crippen LogP contribution in [0, 0.1) is 13.8 Å². The van der Waals surface area contributed by atoms with Crippen LogP contribution in [0.5, 0.6) is 5.75 Å². The van der Waals surface area contributed by atoms with Gasteiger partial charge >= 0.3 is 0 Å². The highest BCUT2D eigenvalue weighted by atomic mass is 19.2. The van der Waals surface area contributed by atoms with Gasteiger partial charge in [0, 0.05) is 13.8 Å². The van der Waals surface area contributed by atoms with Crippen molar-refractivity contribution in [3.63, 3.8) is 0 Å². The van der Waals surface area contributed by atoms with Crippen LogP contribution < -0.4 is 4.74 Å². The average molecular weight is 212 g/mol. The number of hydrogen-bond acceptors (Lipinski definition) is 1. The summed E-state index contributed by atoms with van der Waals surface area (Å²) in [7, 11) is 0. The van der Waals surface area contributed by atoms with Gasteiger partial charge in [-0.1, -0.05) is 19.9 Å². The van der Waals surface area contributed by atoms with Crippen molar-refractivity contribution in [2.75, 3.05) is 0 Å². The molecular formula is C13H21FO. The minimum absolute atomic E-state index is 0.579. The van der Waals surface area contributed by atoms with E-state index < -0.39 is 5.85 Å². The summed E-state index contributed by atoms with van der Waals surface area (Å²) in [6.07, 6.45) is 0. The zero-order valence-electron chi connectivity index (χ0n) is 10.5. The predicted molar refractivity (Wildman–Crippen MR) is 63.1 cm³/mol. The largest absolute Gasteiger partial charge is 0.459 e. The maximum absolute atomic E-state index is 13.1. The summed E-state index contributed by atoms with van der Waals surface area (Å²) in [6.45, 7) is 10.8. The first-order valence-corrected chi connectivity index (χ1v) is 5.34. The van der Waals surface area contributed by atoms with Gasteiger partial charge in [-0.25, -0.2) is 0 Å². The molecule has 2 heteroatoms.